The van der Waals surface area contributed by atoms with Crippen molar-refractivity contribution in [3.05, 3.63) is 46.5 Å². The predicted octanol–water partition coefficient (Wildman–Crippen LogP) is 3.03. The average Bonchev–Trinajstić information content (AvgIpc) is 2.70. The number of anilines is 1. The van der Waals surface area contributed by atoms with Crippen LogP contribution in [0.5, 0.6) is 0 Å². The minimum atomic E-state index is -1.74. The van der Waals surface area contributed by atoms with Crippen LogP contribution in [0.25, 0.3) is 0 Å². The molecule has 2 aromatic heterocycles. The summed E-state index contributed by atoms with van der Waals surface area (Å²) >= 11 is 0. The number of rotatable bonds is 3. The number of aromatic amines is 1. The van der Waals surface area contributed by atoms with Crippen LogP contribution in [0.3, 0.4) is 0 Å². The number of hydrazone groups is 1. The quantitative estimate of drug-likeness (QED) is 0.394. The van der Waals surface area contributed by atoms with Crippen molar-refractivity contribution in [1.82, 2.24) is 9.97 Å². The molecule has 2 aromatic rings. The molecule has 0 saturated carbocycles. The van der Waals surface area contributed by atoms with E-state index in [1.54, 1.807) is 13.0 Å². The van der Waals surface area contributed by atoms with E-state index in [0.717, 1.165) is 11.4 Å². The summed E-state index contributed by atoms with van der Waals surface area (Å²) < 4.78 is 52.2. The summed E-state index contributed by atoms with van der Waals surface area (Å²) in [6, 6.07) is 1.75. The molecule has 2 rings (SSSR count). The van der Waals surface area contributed by atoms with Gasteiger partial charge in [-0.2, -0.15) is 27.6 Å². The van der Waals surface area contributed by atoms with Crippen molar-refractivity contribution in [1.29, 1.82) is 0 Å². The van der Waals surface area contributed by atoms with Crippen LogP contribution in [0, 0.1) is 37.4 Å². The van der Waals surface area contributed by atoms with Crippen LogP contribution in [0.1, 0.15) is 17.0 Å². The second-order valence-corrected chi connectivity index (χ2v) is 4.10. The zero-order valence-electron chi connectivity index (χ0n) is 10.6. The van der Waals surface area contributed by atoms with Gasteiger partial charge in [-0.15, -0.1) is 0 Å². The molecule has 0 radical (unpaired) electrons. The van der Waals surface area contributed by atoms with Crippen molar-refractivity contribution in [3.63, 3.8) is 0 Å². The molecular formula is C12H10F4N4. The largest absolute Gasteiger partial charge is 0.362 e. The number of hydrogen-bond acceptors (Lipinski definition) is 3. The highest BCUT2D eigenvalue weighted by molar-refractivity contribution is 5.82. The van der Waals surface area contributed by atoms with Gasteiger partial charge in [-0.05, 0) is 19.9 Å². The van der Waals surface area contributed by atoms with Gasteiger partial charge >= 0.3 is 0 Å². The van der Waals surface area contributed by atoms with Crippen molar-refractivity contribution in [2.45, 2.75) is 13.8 Å². The molecule has 0 aliphatic rings. The van der Waals surface area contributed by atoms with Crippen molar-refractivity contribution < 1.29 is 17.6 Å². The molecule has 2 N–H and O–H groups in total. The maximum absolute atomic E-state index is 13.3. The van der Waals surface area contributed by atoms with E-state index in [0.29, 0.717) is 5.56 Å². The van der Waals surface area contributed by atoms with Gasteiger partial charge in [0.15, 0.2) is 0 Å². The number of aromatic nitrogens is 2. The molecule has 0 atom stereocenters. The number of nitrogens with one attached hydrogen (secondary N) is 2. The number of pyridine rings is 1. The molecule has 2 heterocycles. The standard InChI is InChI=1S/C12H10F4N4/c1-5-3-7(6(2)18-5)4-17-20-10-8(13)11(15)19-12(16)9(10)14/h3-4,18H,1-2H3,(H,19,20)/b17-4+. The van der Waals surface area contributed by atoms with Crippen molar-refractivity contribution in [3.8, 4) is 0 Å². The third-order valence-electron chi connectivity index (χ3n) is 2.57. The molecule has 0 unspecified atom stereocenters. The highest BCUT2D eigenvalue weighted by Crippen LogP contribution is 2.21. The lowest BCUT2D eigenvalue weighted by atomic mass is 10.3. The van der Waals surface area contributed by atoms with Crippen molar-refractivity contribution in [2.75, 3.05) is 5.43 Å². The van der Waals surface area contributed by atoms with Gasteiger partial charge in [-0.25, -0.2) is 0 Å². The molecule has 0 saturated heterocycles. The van der Waals surface area contributed by atoms with Crippen LogP contribution in [0.15, 0.2) is 11.2 Å². The SMILES string of the molecule is Cc1cc(/C=N/Nc2c(F)c(F)nc(F)c2F)c(C)[nH]1. The molecule has 0 amide bonds. The van der Waals surface area contributed by atoms with Crippen LogP contribution in [0.4, 0.5) is 23.2 Å². The van der Waals surface area contributed by atoms with Crippen LogP contribution in [-0.2, 0) is 0 Å². The number of hydrogen-bond donors (Lipinski definition) is 2. The number of halogens is 4. The highest BCUT2D eigenvalue weighted by atomic mass is 19.2. The molecule has 0 bridgehead atoms. The summed E-state index contributed by atoms with van der Waals surface area (Å²) in [6.45, 7) is 3.60. The van der Waals surface area contributed by atoms with Gasteiger partial charge in [-0.3, -0.25) is 5.43 Å². The van der Waals surface area contributed by atoms with E-state index in [1.165, 1.54) is 6.21 Å². The Morgan fingerprint density at radius 3 is 2.25 bits per heavy atom. The Hall–Kier alpha value is -2.38. The molecule has 106 valence electrons. The Kier molecular flexibility index (Phi) is 3.73. The highest BCUT2D eigenvalue weighted by Gasteiger charge is 2.20. The van der Waals surface area contributed by atoms with Gasteiger partial charge in [-0.1, -0.05) is 0 Å². The van der Waals surface area contributed by atoms with Gasteiger partial charge < -0.3 is 4.98 Å². The lowest BCUT2D eigenvalue weighted by Gasteiger charge is -2.04. The van der Waals surface area contributed by atoms with Crippen LogP contribution in [-0.4, -0.2) is 16.2 Å². The fraction of sp³-hybridized carbons (Fsp3) is 0.167. The molecule has 20 heavy (non-hydrogen) atoms. The zero-order chi connectivity index (χ0) is 14.9. The molecule has 0 aliphatic heterocycles. The summed E-state index contributed by atoms with van der Waals surface area (Å²) in [5, 5.41) is 3.55. The Morgan fingerprint density at radius 2 is 1.75 bits per heavy atom. The van der Waals surface area contributed by atoms with Gasteiger partial charge in [0.05, 0.1) is 6.21 Å². The molecule has 8 heteroatoms. The van der Waals surface area contributed by atoms with Gasteiger partial charge in [0.2, 0.25) is 11.6 Å². The average molecular weight is 286 g/mol. The molecule has 0 fully saturated rings. The minimum absolute atomic E-state index is 0.672. The van der Waals surface area contributed by atoms with E-state index < -0.39 is 29.2 Å². The van der Waals surface area contributed by atoms with E-state index >= 15 is 0 Å². The van der Waals surface area contributed by atoms with Crippen LogP contribution < -0.4 is 5.43 Å². The van der Waals surface area contributed by atoms with E-state index in [9.17, 15) is 17.6 Å². The first kappa shape index (κ1) is 14.0. The fourth-order valence-electron chi connectivity index (χ4n) is 1.63. The lowest BCUT2D eigenvalue weighted by Crippen LogP contribution is -2.05. The summed E-state index contributed by atoms with van der Waals surface area (Å²) in [5.41, 5.74) is 3.24. The predicted molar refractivity (Wildman–Crippen MR) is 65.6 cm³/mol. The lowest BCUT2D eigenvalue weighted by molar-refractivity contribution is 0.411. The molecule has 0 aromatic carbocycles. The van der Waals surface area contributed by atoms with E-state index in [2.05, 4.69) is 15.1 Å². The first-order chi connectivity index (χ1) is 9.40. The van der Waals surface area contributed by atoms with E-state index in [-0.39, 0.29) is 0 Å². The van der Waals surface area contributed by atoms with E-state index in [1.807, 2.05) is 12.3 Å². The fourth-order valence-corrected chi connectivity index (χ4v) is 1.63. The molecular weight excluding hydrogens is 276 g/mol. The Morgan fingerprint density at radius 1 is 1.15 bits per heavy atom. The Balaban J connectivity index is 2.25. The van der Waals surface area contributed by atoms with E-state index in [4.69, 9.17) is 0 Å². The summed E-state index contributed by atoms with van der Waals surface area (Å²) in [6.07, 6.45) is 1.27. The second-order valence-electron chi connectivity index (χ2n) is 4.10. The van der Waals surface area contributed by atoms with Crippen molar-refractivity contribution in [2.24, 2.45) is 5.10 Å². The minimum Gasteiger partial charge on any atom is -0.362 e. The summed E-state index contributed by atoms with van der Waals surface area (Å²) in [4.78, 5) is 5.44. The zero-order valence-corrected chi connectivity index (χ0v) is 10.6. The van der Waals surface area contributed by atoms with Gasteiger partial charge in [0.25, 0.3) is 11.9 Å². The second kappa shape index (κ2) is 5.32. The first-order valence-electron chi connectivity index (χ1n) is 5.55. The monoisotopic (exact) mass is 286 g/mol. The van der Waals surface area contributed by atoms with Gasteiger partial charge in [0, 0.05) is 17.0 Å². The summed E-state index contributed by atoms with van der Waals surface area (Å²) in [7, 11) is 0. The van der Waals surface area contributed by atoms with Crippen molar-refractivity contribution >= 4 is 11.9 Å². The molecule has 0 spiro atoms. The molecule has 4 nitrogen and oxygen atoms in total. The maximum atomic E-state index is 13.3. The smallest absolute Gasteiger partial charge is 0.254 e. The normalized spacial score (nSPS) is 11.3. The maximum Gasteiger partial charge on any atom is 0.254 e. The topological polar surface area (TPSA) is 53.1 Å². The first-order valence-corrected chi connectivity index (χ1v) is 5.55. The van der Waals surface area contributed by atoms with Crippen LogP contribution in [0.2, 0.25) is 0 Å². The van der Waals surface area contributed by atoms with Gasteiger partial charge in [0.1, 0.15) is 5.69 Å². The Labute approximate surface area is 111 Å². The number of nitrogens with zero attached hydrogens (tertiary/aromatic N) is 2. The summed E-state index contributed by atoms with van der Waals surface area (Å²) in [5.74, 6) is -6.75. The number of H-pyrrole nitrogens is 1. The Bertz CT molecular complexity index is 652. The number of aryl methyl sites for hydroxylation is 2. The van der Waals surface area contributed by atoms with Crippen LogP contribution >= 0.6 is 0 Å². The third-order valence-corrected chi connectivity index (χ3v) is 2.57. The molecule has 0 aliphatic carbocycles. The third kappa shape index (κ3) is 2.63.